The summed E-state index contributed by atoms with van der Waals surface area (Å²) in [5, 5.41) is 11.3. The molecule has 0 aliphatic carbocycles. The van der Waals surface area contributed by atoms with Crippen molar-refractivity contribution in [1.29, 1.82) is 5.26 Å². The van der Waals surface area contributed by atoms with Gasteiger partial charge in [0.05, 0.1) is 0 Å². The molecule has 0 heterocycles. The quantitative estimate of drug-likeness (QED) is 0.396. The van der Waals surface area contributed by atoms with Crippen molar-refractivity contribution in [3.05, 3.63) is 29.8 Å². The Labute approximate surface area is 95.9 Å². The van der Waals surface area contributed by atoms with Crippen LogP contribution in [0, 0.1) is 10.7 Å². The van der Waals surface area contributed by atoms with E-state index in [0.29, 0.717) is 0 Å². The summed E-state index contributed by atoms with van der Waals surface area (Å²) in [5.74, 6) is 0. The van der Waals surface area contributed by atoms with Crippen molar-refractivity contribution in [2.45, 2.75) is 4.90 Å². The molecule has 0 bridgehead atoms. The fourth-order valence-corrected chi connectivity index (χ4v) is 1.60. The molecule has 0 fully saturated rings. The molecule has 0 aromatic heterocycles. The number of hydrogen-bond acceptors (Lipinski definition) is 3. The van der Waals surface area contributed by atoms with Crippen LogP contribution >= 0.6 is 27.7 Å². The van der Waals surface area contributed by atoms with E-state index in [4.69, 9.17) is 11.0 Å². The molecule has 0 aliphatic heterocycles. The standard InChI is InChI=1S/C10H9BrN2S/c11-5-1-2-8-6-9(14-7-12)3-4-10(8)13/h1-4,6H,5,13H2. The van der Waals surface area contributed by atoms with Crippen LogP contribution in [-0.2, 0) is 0 Å². The second-order valence-electron chi connectivity index (χ2n) is 2.54. The van der Waals surface area contributed by atoms with Crippen LogP contribution in [0.2, 0.25) is 0 Å². The molecule has 14 heavy (non-hydrogen) atoms. The minimum Gasteiger partial charge on any atom is -0.398 e. The Morgan fingerprint density at radius 2 is 2.36 bits per heavy atom. The van der Waals surface area contributed by atoms with Crippen LogP contribution in [0.15, 0.2) is 29.2 Å². The molecular weight excluding hydrogens is 260 g/mol. The van der Waals surface area contributed by atoms with E-state index in [-0.39, 0.29) is 0 Å². The molecule has 0 amide bonds. The first-order chi connectivity index (χ1) is 6.77. The average molecular weight is 269 g/mol. The van der Waals surface area contributed by atoms with Crippen molar-refractivity contribution in [3.63, 3.8) is 0 Å². The van der Waals surface area contributed by atoms with Gasteiger partial charge in [-0.15, -0.1) is 0 Å². The van der Waals surface area contributed by atoms with Gasteiger partial charge in [0.1, 0.15) is 5.40 Å². The fraction of sp³-hybridized carbons (Fsp3) is 0.100. The number of benzene rings is 1. The van der Waals surface area contributed by atoms with Gasteiger partial charge in [-0.25, -0.2) is 0 Å². The summed E-state index contributed by atoms with van der Waals surface area (Å²) in [7, 11) is 0. The number of rotatable bonds is 3. The smallest absolute Gasteiger partial charge is 0.138 e. The highest BCUT2D eigenvalue weighted by molar-refractivity contribution is 9.09. The molecule has 0 atom stereocenters. The van der Waals surface area contributed by atoms with E-state index in [1.807, 2.05) is 35.8 Å². The van der Waals surface area contributed by atoms with Gasteiger partial charge >= 0.3 is 0 Å². The van der Waals surface area contributed by atoms with Crippen LogP contribution in [0.1, 0.15) is 5.56 Å². The van der Waals surface area contributed by atoms with E-state index in [1.165, 1.54) is 0 Å². The second kappa shape index (κ2) is 5.74. The first-order valence-electron chi connectivity index (χ1n) is 3.96. The Kier molecular flexibility index (Phi) is 4.57. The topological polar surface area (TPSA) is 49.8 Å². The highest BCUT2D eigenvalue weighted by atomic mass is 79.9. The van der Waals surface area contributed by atoms with E-state index in [0.717, 1.165) is 33.2 Å². The van der Waals surface area contributed by atoms with Crippen LogP contribution in [0.3, 0.4) is 0 Å². The molecular formula is C10H9BrN2S. The summed E-state index contributed by atoms with van der Waals surface area (Å²) in [6, 6.07) is 5.56. The summed E-state index contributed by atoms with van der Waals surface area (Å²) >= 11 is 4.43. The maximum absolute atomic E-state index is 8.51. The van der Waals surface area contributed by atoms with Gasteiger partial charge in [-0.1, -0.05) is 28.1 Å². The number of nitrogen functional groups attached to an aromatic ring is 1. The molecule has 72 valence electrons. The van der Waals surface area contributed by atoms with Gasteiger partial charge in [-0.3, -0.25) is 0 Å². The molecule has 1 rings (SSSR count). The summed E-state index contributed by atoms with van der Waals surface area (Å²) < 4.78 is 0. The highest BCUT2D eigenvalue weighted by Gasteiger charge is 1.98. The van der Waals surface area contributed by atoms with Gasteiger partial charge < -0.3 is 5.73 Å². The number of nitrogens with two attached hydrogens (primary N) is 1. The predicted molar refractivity (Wildman–Crippen MR) is 65.2 cm³/mol. The van der Waals surface area contributed by atoms with Crippen molar-refractivity contribution in [3.8, 4) is 5.40 Å². The number of anilines is 1. The first kappa shape index (κ1) is 11.2. The van der Waals surface area contributed by atoms with Crippen molar-refractivity contribution < 1.29 is 0 Å². The zero-order valence-corrected chi connectivity index (χ0v) is 9.81. The minimum absolute atomic E-state index is 0.726. The van der Waals surface area contributed by atoms with Crippen LogP contribution in [-0.4, -0.2) is 5.33 Å². The van der Waals surface area contributed by atoms with Crippen LogP contribution in [0.5, 0.6) is 0 Å². The SMILES string of the molecule is N#CSc1ccc(N)c(C=CCBr)c1. The molecule has 0 spiro atoms. The van der Waals surface area contributed by atoms with E-state index < -0.39 is 0 Å². The predicted octanol–water partition coefficient (Wildman–Crippen LogP) is 3.25. The summed E-state index contributed by atoms with van der Waals surface area (Å²) in [6.45, 7) is 0. The number of hydrogen-bond donors (Lipinski definition) is 1. The van der Waals surface area contributed by atoms with Gasteiger partial charge in [0.15, 0.2) is 0 Å². The third-order valence-electron chi connectivity index (χ3n) is 1.61. The van der Waals surface area contributed by atoms with Crippen LogP contribution < -0.4 is 5.73 Å². The summed E-state index contributed by atoms with van der Waals surface area (Å²) in [6.07, 6.45) is 3.90. The summed E-state index contributed by atoms with van der Waals surface area (Å²) in [5.41, 5.74) is 7.44. The third kappa shape index (κ3) is 3.09. The van der Waals surface area contributed by atoms with E-state index >= 15 is 0 Å². The van der Waals surface area contributed by atoms with E-state index in [2.05, 4.69) is 15.9 Å². The minimum atomic E-state index is 0.726. The molecule has 1 aromatic carbocycles. The Bertz CT molecular complexity index is 382. The zero-order valence-electron chi connectivity index (χ0n) is 7.40. The molecule has 0 saturated heterocycles. The molecule has 0 saturated carbocycles. The van der Waals surface area contributed by atoms with Gasteiger partial charge in [-0.2, -0.15) is 5.26 Å². The number of thioether (sulfide) groups is 1. The van der Waals surface area contributed by atoms with E-state index in [9.17, 15) is 0 Å². The third-order valence-corrected chi connectivity index (χ3v) is 2.56. The summed E-state index contributed by atoms with van der Waals surface area (Å²) in [4.78, 5) is 0.913. The molecule has 2 nitrogen and oxygen atoms in total. The van der Waals surface area contributed by atoms with Crippen molar-refractivity contribution >= 4 is 39.5 Å². The van der Waals surface area contributed by atoms with E-state index in [1.54, 1.807) is 0 Å². The second-order valence-corrected chi connectivity index (χ2v) is 4.05. The molecule has 1 aromatic rings. The van der Waals surface area contributed by atoms with Gasteiger partial charge in [-0.05, 0) is 35.5 Å². The highest BCUT2D eigenvalue weighted by Crippen LogP contribution is 2.23. The number of nitriles is 1. The van der Waals surface area contributed by atoms with Gasteiger partial charge in [0, 0.05) is 15.9 Å². The lowest BCUT2D eigenvalue weighted by Crippen LogP contribution is -1.88. The molecule has 0 radical (unpaired) electrons. The van der Waals surface area contributed by atoms with Crippen molar-refractivity contribution in [1.82, 2.24) is 0 Å². The lowest BCUT2D eigenvalue weighted by molar-refractivity contribution is 1.45. The number of allylic oxidation sites excluding steroid dienone is 1. The maximum Gasteiger partial charge on any atom is 0.138 e. The molecule has 2 N–H and O–H groups in total. The number of nitrogens with zero attached hydrogens (tertiary/aromatic N) is 1. The lowest BCUT2D eigenvalue weighted by atomic mass is 10.2. The largest absolute Gasteiger partial charge is 0.398 e. The van der Waals surface area contributed by atoms with Crippen molar-refractivity contribution in [2.75, 3.05) is 11.1 Å². The molecule has 0 unspecified atom stereocenters. The normalized spacial score (nSPS) is 10.3. The number of halogens is 1. The Morgan fingerprint density at radius 3 is 3.00 bits per heavy atom. The monoisotopic (exact) mass is 268 g/mol. The van der Waals surface area contributed by atoms with Gasteiger partial charge in [0.25, 0.3) is 0 Å². The number of thiocyanates is 1. The Morgan fingerprint density at radius 1 is 1.57 bits per heavy atom. The molecule has 4 heteroatoms. The average Bonchev–Trinajstić information content (AvgIpc) is 2.19. The molecule has 0 aliphatic rings. The zero-order chi connectivity index (χ0) is 10.4. The van der Waals surface area contributed by atoms with Gasteiger partial charge in [0.2, 0.25) is 0 Å². The first-order valence-corrected chi connectivity index (χ1v) is 5.89. The van der Waals surface area contributed by atoms with Crippen molar-refractivity contribution in [2.24, 2.45) is 0 Å². The Balaban J connectivity index is 2.97. The van der Waals surface area contributed by atoms with Crippen LogP contribution in [0.25, 0.3) is 6.08 Å². The fourth-order valence-electron chi connectivity index (χ4n) is 0.985. The maximum atomic E-state index is 8.51. The van der Waals surface area contributed by atoms with Crippen LogP contribution in [0.4, 0.5) is 5.69 Å². The lowest BCUT2D eigenvalue weighted by Gasteiger charge is -2.01. The number of alkyl halides is 1. The Hall–Kier alpha value is -0.920.